The van der Waals surface area contributed by atoms with Gasteiger partial charge >= 0.3 is 0 Å². The molecule has 0 amide bonds. The van der Waals surface area contributed by atoms with Crippen LogP contribution in [0.5, 0.6) is 0 Å². The lowest BCUT2D eigenvalue weighted by atomic mass is 10.00. The number of hydrogen-bond donors (Lipinski definition) is 0. The van der Waals surface area contributed by atoms with Gasteiger partial charge in [-0.2, -0.15) is 0 Å². The SMILES string of the molecule is c1ccc2cc(-c3nc(-c4ccc5c(ccc6ccccc65)c4)nc(-c4ccc5oc6ccccc6c5c4)n3)ccc2c1. The van der Waals surface area contributed by atoms with E-state index in [2.05, 4.69) is 109 Å². The maximum atomic E-state index is 6.09. The largest absolute Gasteiger partial charge is 0.456 e. The summed E-state index contributed by atoms with van der Waals surface area (Å²) < 4.78 is 6.09. The molecule has 0 radical (unpaired) electrons. The first-order valence-corrected chi connectivity index (χ1v) is 14.4. The topological polar surface area (TPSA) is 51.8 Å². The highest BCUT2D eigenvalue weighted by Crippen LogP contribution is 2.34. The van der Waals surface area contributed by atoms with Crippen molar-refractivity contribution in [3.63, 3.8) is 0 Å². The lowest BCUT2D eigenvalue weighted by molar-refractivity contribution is 0.669. The molecule has 0 aliphatic carbocycles. The lowest BCUT2D eigenvalue weighted by Crippen LogP contribution is -2.00. The standard InChI is InChI=1S/C39H23N3O/c1-2-9-26-21-28(16-13-24(26)7-1)37-40-38(29-17-19-32-27(22-29)15-14-25-8-3-4-10-31(25)32)42-39(41-37)30-18-20-36-34(23-30)33-11-5-6-12-35(33)43-36/h1-23H. The molecule has 4 heteroatoms. The Morgan fingerprint density at radius 1 is 0.326 bits per heavy atom. The molecule has 0 aliphatic heterocycles. The smallest absolute Gasteiger partial charge is 0.164 e. The van der Waals surface area contributed by atoms with Gasteiger partial charge in [-0.05, 0) is 68.7 Å². The Kier molecular flexibility index (Phi) is 5.16. The molecule has 9 aromatic rings. The van der Waals surface area contributed by atoms with Gasteiger partial charge in [0, 0.05) is 27.5 Å². The Hall–Kier alpha value is -5.87. The van der Waals surface area contributed by atoms with Crippen LogP contribution in [-0.4, -0.2) is 15.0 Å². The normalized spacial score (nSPS) is 11.7. The van der Waals surface area contributed by atoms with Crippen molar-refractivity contribution in [2.45, 2.75) is 0 Å². The van der Waals surface area contributed by atoms with Gasteiger partial charge in [-0.1, -0.05) is 103 Å². The molecule has 43 heavy (non-hydrogen) atoms. The van der Waals surface area contributed by atoms with Crippen LogP contribution in [0.15, 0.2) is 144 Å². The highest BCUT2D eigenvalue weighted by molar-refractivity contribution is 6.08. The van der Waals surface area contributed by atoms with E-state index in [1.54, 1.807) is 0 Å². The Morgan fingerprint density at radius 2 is 0.837 bits per heavy atom. The molecule has 0 fully saturated rings. The maximum Gasteiger partial charge on any atom is 0.164 e. The van der Waals surface area contributed by atoms with Crippen molar-refractivity contribution >= 4 is 54.3 Å². The molecule has 0 spiro atoms. The molecule has 0 aliphatic rings. The molecule has 9 rings (SSSR count). The molecular weight excluding hydrogens is 526 g/mol. The highest BCUT2D eigenvalue weighted by atomic mass is 16.3. The predicted octanol–water partition coefficient (Wildman–Crippen LogP) is 10.2. The number of nitrogens with zero attached hydrogens (tertiary/aromatic N) is 3. The maximum absolute atomic E-state index is 6.09. The monoisotopic (exact) mass is 549 g/mol. The van der Waals surface area contributed by atoms with Crippen LogP contribution in [0.4, 0.5) is 0 Å². The first-order valence-electron chi connectivity index (χ1n) is 14.4. The zero-order chi connectivity index (χ0) is 28.3. The second-order valence-corrected chi connectivity index (χ2v) is 10.9. The van der Waals surface area contributed by atoms with Crippen molar-refractivity contribution in [2.24, 2.45) is 0 Å². The summed E-state index contributed by atoms with van der Waals surface area (Å²) >= 11 is 0. The average molecular weight is 550 g/mol. The fraction of sp³-hybridized carbons (Fsp3) is 0. The fourth-order valence-electron chi connectivity index (χ4n) is 6.11. The number of benzene rings is 7. The van der Waals surface area contributed by atoms with Crippen LogP contribution >= 0.6 is 0 Å². The van der Waals surface area contributed by atoms with Gasteiger partial charge in [0.2, 0.25) is 0 Å². The molecule has 0 bridgehead atoms. The molecule has 0 unspecified atom stereocenters. The van der Waals surface area contributed by atoms with E-state index in [-0.39, 0.29) is 0 Å². The van der Waals surface area contributed by atoms with E-state index in [0.29, 0.717) is 17.5 Å². The summed E-state index contributed by atoms with van der Waals surface area (Å²) in [6.45, 7) is 0. The van der Waals surface area contributed by atoms with E-state index in [9.17, 15) is 0 Å². The highest BCUT2D eigenvalue weighted by Gasteiger charge is 2.15. The van der Waals surface area contributed by atoms with Crippen molar-refractivity contribution in [1.82, 2.24) is 15.0 Å². The van der Waals surface area contributed by atoms with Gasteiger partial charge in [-0.15, -0.1) is 0 Å². The number of para-hydroxylation sites is 1. The first kappa shape index (κ1) is 23.8. The second-order valence-electron chi connectivity index (χ2n) is 10.9. The Morgan fingerprint density at radius 3 is 1.65 bits per heavy atom. The summed E-state index contributed by atoms with van der Waals surface area (Å²) in [5.74, 6) is 1.90. The first-order chi connectivity index (χ1) is 21.3. The van der Waals surface area contributed by atoms with E-state index in [0.717, 1.165) is 49.4 Å². The van der Waals surface area contributed by atoms with Gasteiger partial charge in [0.15, 0.2) is 17.5 Å². The molecule has 0 saturated carbocycles. The molecule has 0 N–H and O–H groups in total. The van der Waals surface area contributed by atoms with E-state index in [1.807, 2.05) is 30.3 Å². The van der Waals surface area contributed by atoms with Gasteiger partial charge in [-0.25, -0.2) is 15.0 Å². The Labute approximate surface area is 246 Å². The quantitative estimate of drug-likeness (QED) is 0.206. The zero-order valence-electron chi connectivity index (χ0n) is 23.0. The molecule has 200 valence electrons. The number of furan rings is 1. The minimum atomic E-state index is 0.624. The summed E-state index contributed by atoms with van der Waals surface area (Å²) in [4.78, 5) is 15.1. The van der Waals surface area contributed by atoms with Crippen molar-refractivity contribution in [3.8, 4) is 34.2 Å². The van der Waals surface area contributed by atoms with E-state index >= 15 is 0 Å². The minimum absolute atomic E-state index is 0.624. The van der Waals surface area contributed by atoms with E-state index in [4.69, 9.17) is 19.4 Å². The number of fused-ring (bicyclic) bond motifs is 7. The van der Waals surface area contributed by atoms with Crippen LogP contribution in [0.3, 0.4) is 0 Å². The molecule has 0 atom stereocenters. The molecule has 2 heterocycles. The third-order valence-electron chi connectivity index (χ3n) is 8.28. The van der Waals surface area contributed by atoms with Gasteiger partial charge in [-0.3, -0.25) is 0 Å². The van der Waals surface area contributed by atoms with Gasteiger partial charge in [0.05, 0.1) is 0 Å². The van der Waals surface area contributed by atoms with Crippen molar-refractivity contribution in [2.75, 3.05) is 0 Å². The van der Waals surface area contributed by atoms with Crippen LogP contribution < -0.4 is 0 Å². The Balaban J connectivity index is 1.26. The van der Waals surface area contributed by atoms with Crippen LogP contribution in [0.2, 0.25) is 0 Å². The molecule has 0 saturated heterocycles. The molecule has 2 aromatic heterocycles. The number of hydrogen-bond acceptors (Lipinski definition) is 4. The van der Waals surface area contributed by atoms with E-state index in [1.165, 1.54) is 21.5 Å². The number of aromatic nitrogens is 3. The summed E-state index contributed by atoms with van der Waals surface area (Å²) in [5, 5.41) is 9.27. The van der Waals surface area contributed by atoms with Gasteiger partial charge < -0.3 is 4.42 Å². The summed E-state index contributed by atoms with van der Waals surface area (Å²) in [7, 11) is 0. The van der Waals surface area contributed by atoms with Gasteiger partial charge in [0.25, 0.3) is 0 Å². The van der Waals surface area contributed by atoms with Crippen LogP contribution in [0.25, 0.3) is 88.4 Å². The third-order valence-corrected chi connectivity index (χ3v) is 8.28. The van der Waals surface area contributed by atoms with Crippen molar-refractivity contribution < 1.29 is 4.42 Å². The molecular formula is C39H23N3O. The summed E-state index contributed by atoms with van der Waals surface area (Å²) in [5.41, 5.74) is 4.52. The molecule has 4 nitrogen and oxygen atoms in total. The average Bonchev–Trinajstić information content (AvgIpc) is 3.45. The van der Waals surface area contributed by atoms with E-state index < -0.39 is 0 Å². The van der Waals surface area contributed by atoms with Crippen LogP contribution in [0, 0.1) is 0 Å². The second kappa shape index (κ2) is 9.33. The number of rotatable bonds is 3. The third kappa shape index (κ3) is 3.96. The van der Waals surface area contributed by atoms with Gasteiger partial charge in [0.1, 0.15) is 11.2 Å². The van der Waals surface area contributed by atoms with Crippen LogP contribution in [0.1, 0.15) is 0 Å². The minimum Gasteiger partial charge on any atom is -0.456 e. The zero-order valence-corrected chi connectivity index (χ0v) is 23.0. The van der Waals surface area contributed by atoms with Crippen molar-refractivity contribution in [3.05, 3.63) is 140 Å². The lowest BCUT2D eigenvalue weighted by Gasteiger charge is -2.10. The Bertz CT molecular complexity index is 2530. The molecule has 7 aromatic carbocycles. The summed E-state index contributed by atoms with van der Waals surface area (Å²) in [6, 6.07) is 48.3. The summed E-state index contributed by atoms with van der Waals surface area (Å²) in [6.07, 6.45) is 0. The van der Waals surface area contributed by atoms with Crippen LogP contribution in [-0.2, 0) is 0 Å². The fourth-order valence-corrected chi connectivity index (χ4v) is 6.11. The van der Waals surface area contributed by atoms with Crippen molar-refractivity contribution in [1.29, 1.82) is 0 Å². The predicted molar refractivity (Wildman–Crippen MR) is 176 cm³/mol.